The van der Waals surface area contributed by atoms with E-state index >= 15 is 0 Å². The summed E-state index contributed by atoms with van der Waals surface area (Å²) in [7, 11) is 4.05. The lowest BCUT2D eigenvalue weighted by Crippen LogP contribution is -2.29. The number of hydrogen-bond donors (Lipinski definition) is 6. The van der Waals surface area contributed by atoms with Gasteiger partial charge in [-0.2, -0.15) is 0 Å². The first kappa shape index (κ1) is 24.5. The van der Waals surface area contributed by atoms with Gasteiger partial charge >= 0.3 is 0 Å². The topological polar surface area (TPSA) is 158 Å². The van der Waals surface area contributed by atoms with Gasteiger partial charge < -0.3 is 49.6 Å². The normalized spacial score (nSPS) is 15.0. The molecule has 0 aromatic heterocycles. The highest BCUT2D eigenvalue weighted by atomic mass is 16.6. The molecule has 10 heteroatoms. The average molecular weight is 440 g/mol. The van der Waals surface area contributed by atoms with Crippen LogP contribution in [0, 0.1) is 0 Å². The van der Waals surface area contributed by atoms with Crippen LogP contribution in [0.25, 0.3) is 0 Å². The van der Waals surface area contributed by atoms with Crippen LogP contribution in [0.15, 0.2) is 30.3 Å². The zero-order valence-corrected chi connectivity index (χ0v) is 17.4. The Balaban J connectivity index is 2.40. The molecule has 2 rings (SSSR count). The fraction of sp³-hybridized carbons (Fsp3) is 0.429. The number of rotatable bonds is 11. The van der Waals surface area contributed by atoms with Gasteiger partial charge in [0.15, 0.2) is 29.1 Å². The number of aliphatic hydroxyl groups is 5. The molecule has 0 saturated heterocycles. The fourth-order valence-electron chi connectivity index (χ4n) is 2.95. The van der Waals surface area contributed by atoms with Gasteiger partial charge in [-0.3, -0.25) is 0 Å². The third-order valence-corrected chi connectivity index (χ3v) is 4.72. The fourth-order valence-corrected chi connectivity index (χ4v) is 2.95. The van der Waals surface area contributed by atoms with Crippen molar-refractivity contribution >= 4 is 0 Å². The largest absolute Gasteiger partial charge is 0.504 e. The van der Waals surface area contributed by atoms with Gasteiger partial charge in [0.1, 0.15) is 18.3 Å². The van der Waals surface area contributed by atoms with Gasteiger partial charge in [0.2, 0.25) is 5.75 Å². The zero-order chi connectivity index (χ0) is 23.1. The van der Waals surface area contributed by atoms with Crippen LogP contribution in [-0.4, -0.2) is 77.4 Å². The van der Waals surface area contributed by atoms with Crippen LogP contribution in [0.3, 0.4) is 0 Å². The zero-order valence-electron chi connectivity index (χ0n) is 17.4. The second kappa shape index (κ2) is 11.0. The first-order chi connectivity index (χ1) is 14.8. The number of benzene rings is 2. The minimum Gasteiger partial charge on any atom is -0.504 e. The molecule has 0 amide bonds. The molecule has 0 spiro atoms. The summed E-state index contributed by atoms with van der Waals surface area (Å²) in [6, 6.07) is 6.97. The molecule has 10 nitrogen and oxygen atoms in total. The van der Waals surface area contributed by atoms with Gasteiger partial charge in [0, 0.05) is 0 Å². The molecular formula is C21H28O10. The number of aromatic hydroxyl groups is 1. The lowest BCUT2D eigenvalue weighted by molar-refractivity contribution is -0.0158. The lowest BCUT2D eigenvalue weighted by atomic mass is 10.0. The number of phenolic OH excluding ortho intramolecular Hbond substituents is 1. The van der Waals surface area contributed by atoms with Crippen LogP contribution < -0.4 is 18.9 Å². The summed E-state index contributed by atoms with van der Waals surface area (Å²) in [5, 5.41) is 59.3. The third-order valence-electron chi connectivity index (χ3n) is 4.72. The Bertz CT molecular complexity index is 831. The summed E-state index contributed by atoms with van der Waals surface area (Å²) >= 11 is 0. The van der Waals surface area contributed by atoms with Crippen molar-refractivity contribution in [3.05, 3.63) is 41.5 Å². The van der Waals surface area contributed by atoms with Crippen molar-refractivity contribution in [3.8, 4) is 28.7 Å². The minimum atomic E-state index is -1.42. The van der Waals surface area contributed by atoms with E-state index in [4.69, 9.17) is 24.1 Å². The van der Waals surface area contributed by atoms with Crippen LogP contribution in [0.4, 0.5) is 0 Å². The summed E-state index contributed by atoms with van der Waals surface area (Å²) in [4.78, 5) is 0. The van der Waals surface area contributed by atoms with Crippen molar-refractivity contribution in [3.63, 3.8) is 0 Å². The van der Waals surface area contributed by atoms with Crippen LogP contribution in [0.5, 0.6) is 28.7 Å². The Labute approximate surface area is 179 Å². The Morgan fingerprint density at radius 3 is 1.77 bits per heavy atom. The van der Waals surface area contributed by atoms with E-state index in [-0.39, 0.29) is 34.3 Å². The molecule has 0 aliphatic heterocycles. The quantitative estimate of drug-likeness (QED) is 0.287. The van der Waals surface area contributed by atoms with E-state index in [1.807, 2.05) is 0 Å². The highest BCUT2D eigenvalue weighted by Gasteiger charge is 2.28. The van der Waals surface area contributed by atoms with E-state index in [0.717, 1.165) is 0 Å². The van der Waals surface area contributed by atoms with Crippen LogP contribution in [0.2, 0.25) is 0 Å². The van der Waals surface area contributed by atoms with Crippen molar-refractivity contribution in [2.75, 3.05) is 34.5 Å². The van der Waals surface area contributed by atoms with Crippen LogP contribution in [0.1, 0.15) is 23.3 Å². The molecule has 0 aliphatic rings. The first-order valence-corrected chi connectivity index (χ1v) is 9.36. The number of methoxy groups -OCH3 is 3. The second-order valence-electron chi connectivity index (χ2n) is 6.66. The van der Waals surface area contributed by atoms with E-state index in [9.17, 15) is 25.5 Å². The molecule has 0 aliphatic carbocycles. The van der Waals surface area contributed by atoms with E-state index in [2.05, 4.69) is 0 Å². The number of ether oxygens (including phenoxy) is 4. The van der Waals surface area contributed by atoms with Gasteiger partial charge in [0.05, 0.1) is 34.5 Å². The van der Waals surface area contributed by atoms with Crippen molar-refractivity contribution in [2.24, 2.45) is 0 Å². The van der Waals surface area contributed by atoms with Crippen LogP contribution in [-0.2, 0) is 0 Å². The van der Waals surface area contributed by atoms with E-state index < -0.39 is 37.6 Å². The Kier molecular flexibility index (Phi) is 8.72. The Morgan fingerprint density at radius 1 is 0.742 bits per heavy atom. The number of hydrogen-bond acceptors (Lipinski definition) is 10. The van der Waals surface area contributed by atoms with Crippen molar-refractivity contribution < 1.29 is 49.6 Å². The summed E-state index contributed by atoms with van der Waals surface area (Å²) in [5.41, 5.74) is 0.525. The molecule has 0 heterocycles. The predicted molar refractivity (Wildman–Crippen MR) is 109 cm³/mol. The molecule has 0 bridgehead atoms. The molecule has 0 radical (unpaired) electrons. The van der Waals surface area contributed by atoms with E-state index in [0.29, 0.717) is 5.56 Å². The van der Waals surface area contributed by atoms with Gasteiger partial charge in [-0.1, -0.05) is 6.07 Å². The van der Waals surface area contributed by atoms with Gasteiger partial charge in [-0.05, 0) is 35.4 Å². The molecule has 2 aromatic carbocycles. The average Bonchev–Trinajstić information content (AvgIpc) is 2.80. The molecule has 0 saturated carbocycles. The molecular weight excluding hydrogens is 412 g/mol. The first-order valence-electron chi connectivity index (χ1n) is 9.36. The van der Waals surface area contributed by atoms with Gasteiger partial charge in [-0.15, -0.1) is 0 Å². The predicted octanol–water partition coefficient (Wildman–Crippen LogP) is 0.278. The molecule has 6 N–H and O–H groups in total. The van der Waals surface area contributed by atoms with Crippen molar-refractivity contribution in [1.29, 1.82) is 0 Å². The maximum absolute atomic E-state index is 10.7. The summed E-state index contributed by atoms with van der Waals surface area (Å²) in [6.45, 7) is -1.23. The Morgan fingerprint density at radius 2 is 1.29 bits per heavy atom. The van der Waals surface area contributed by atoms with Crippen LogP contribution >= 0.6 is 0 Å². The SMILES string of the molecule is COc1cc([C@@H](O)[C@H](CO)Oc2c(OC)cc([C@@H](O)[C@H](O)CO)cc2OC)ccc1O. The highest BCUT2D eigenvalue weighted by molar-refractivity contribution is 5.54. The Hall–Kier alpha value is -2.76. The maximum Gasteiger partial charge on any atom is 0.204 e. The van der Waals surface area contributed by atoms with Crippen molar-refractivity contribution in [2.45, 2.75) is 24.4 Å². The van der Waals surface area contributed by atoms with Gasteiger partial charge in [-0.25, -0.2) is 0 Å². The minimum absolute atomic E-state index is 0.0447. The van der Waals surface area contributed by atoms with Gasteiger partial charge in [0.25, 0.3) is 0 Å². The molecule has 0 fully saturated rings. The monoisotopic (exact) mass is 440 g/mol. The molecule has 172 valence electrons. The van der Waals surface area contributed by atoms with E-state index in [1.54, 1.807) is 0 Å². The second-order valence-corrected chi connectivity index (χ2v) is 6.66. The standard InChI is InChI=1S/C21H28O10/c1-28-15-6-11(4-5-13(15)24)20(27)18(10-23)31-21-16(29-2)7-12(8-17(21)30-3)19(26)14(25)9-22/h4-8,14,18-20,22-27H,9-10H2,1-3H3/t14-,18+,19-,20-/m1/s1. The highest BCUT2D eigenvalue weighted by Crippen LogP contribution is 2.42. The van der Waals surface area contributed by atoms with Crippen molar-refractivity contribution in [1.82, 2.24) is 0 Å². The number of aliphatic hydroxyl groups excluding tert-OH is 5. The summed E-state index contributed by atoms with van der Waals surface area (Å²) < 4.78 is 21.4. The number of phenols is 1. The molecule has 0 unspecified atom stereocenters. The smallest absolute Gasteiger partial charge is 0.204 e. The lowest BCUT2D eigenvalue weighted by Gasteiger charge is -2.26. The van der Waals surface area contributed by atoms with E-state index in [1.165, 1.54) is 51.7 Å². The molecule has 4 atom stereocenters. The summed E-state index contributed by atoms with van der Waals surface area (Å²) in [5.74, 6) is 0.287. The maximum atomic E-state index is 10.7. The summed E-state index contributed by atoms with van der Waals surface area (Å²) in [6.07, 6.45) is -5.30. The third kappa shape index (κ3) is 5.49. The molecule has 31 heavy (non-hydrogen) atoms. The molecule has 2 aromatic rings.